The Morgan fingerprint density at radius 3 is 2.59 bits per heavy atom. The van der Waals surface area contributed by atoms with Crippen LogP contribution < -0.4 is 25.2 Å². The third kappa shape index (κ3) is 4.30. The number of amides is 1. The van der Waals surface area contributed by atoms with E-state index in [1.54, 1.807) is 13.3 Å². The largest absolute Gasteiger partial charge is 0.490 e. The Morgan fingerprint density at radius 1 is 1.14 bits per heavy atom. The van der Waals surface area contributed by atoms with Crippen molar-refractivity contribution >= 4 is 12.1 Å². The Hall–Kier alpha value is -3.61. The van der Waals surface area contributed by atoms with E-state index in [9.17, 15) is 9.18 Å². The average Bonchev–Trinajstić information content (AvgIpc) is 3.77. The minimum Gasteiger partial charge on any atom is -0.490 e. The van der Waals surface area contributed by atoms with Crippen LogP contribution in [-0.2, 0) is 0 Å². The van der Waals surface area contributed by atoms with E-state index in [4.69, 9.17) is 9.72 Å². The van der Waals surface area contributed by atoms with Gasteiger partial charge in [-0.2, -0.15) is 4.58 Å². The molecular formula is C30H32FN4O2+. The van der Waals surface area contributed by atoms with Crippen molar-refractivity contribution in [3.63, 3.8) is 0 Å². The summed E-state index contributed by atoms with van der Waals surface area (Å²) >= 11 is 0. The van der Waals surface area contributed by atoms with Crippen LogP contribution in [0.15, 0.2) is 30.6 Å². The number of hydrogen-bond donors (Lipinski definition) is 1. The van der Waals surface area contributed by atoms with Crippen molar-refractivity contribution in [2.45, 2.75) is 58.4 Å². The Balaban J connectivity index is 1.27. The van der Waals surface area contributed by atoms with Crippen molar-refractivity contribution in [1.29, 1.82) is 0 Å². The predicted octanol–water partition coefficient (Wildman–Crippen LogP) is 3.55. The summed E-state index contributed by atoms with van der Waals surface area (Å²) < 4.78 is 22.7. The molecule has 37 heavy (non-hydrogen) atoms. The van der Waals surface area contributed by atoms with Gasteiger partial charge >= 0.3 is 0 Å². The second-order valence-electron chi connectivity index (χ2n) is 10.7. The van der Waals surface area contributed by atoms with E-state index < -0.39 is 0 Å². The number of halogens is 1. The molecule has 0 radical (unpaired) electrons. The summed E-state index contributed by atoms with van der Waals surface area (Å²) in [4.78, 5) is 22.2. The smallest absolute Gasteiger partial charge is 0.261 e. The number of ether oxygens (including phenoxy) is 1. The molecule has 190 valence electrons. The highest BCUT2D eigenvalue weighted by Gasteiger charge is 2.38. The maximum Gasteiger partial charge on any atom is 0.261 e. The highest BCUT2D eigenvalue weighted by Crippen LogP contribution is 2.43. The molecule has 1 N–H and O–H groups in total. The van der Waals surface area contributed by atoms with Crippen molar-refractivity contribution < 1.29 is 13.9 Å². The van der Waals surface area contributed by atoms with Crippen LogP contribution >= 0.6 is 0 Å². The van der Waals surface area contributed by atoms with Gasteiger partial charge < -0.3 is 10.1 Å². The third-order valence-electron chi connectivity index (χ3n) is 7.99. The molecule has 2 aliphatic carbocycles. The monoisotopic (exact) mass is 499 g/mol. The molecule has 1 atom stereocenters. The first-order valence-electron chi connectivity index (χ1n) is 13.1. The summed E-state index contributed by atoms with van der Waals surface area (Å²) in [5, 5.41) is 5.29. The average molecular weight is 500 g/mol. The Kier molecular flexibility index (Phi) is 5.81. The van der Waals surface area contributed by atoms with Gasteiger partial charge in [-0.1, -0.05) is 0 Å². The summed E-state index contributed by atoms with van der Waals surface area (Å²) in [7, 11) is 1.65. The van der Waals surface area contributed by atoms with Crippen LogP contribution in [0.25, 0.3) is 17.5 Å². The van der Waals surface area contributed by atoms with Gasteiger partial charge in [0.1, 0.15) is 5.22 Å². The highest BCUT2D eigenvalue weighted by molar-refractivity contribution is 5.94. The lowest BCUT2D eigenvalue weighted by molar-refractivity contribution is 0.0949. The lowest BCUT2D eigenvalue weighted by atomic mass is 9.93. The van der Waals surface area contributed by atoms with Crippen LogP contribution in [0, 0.1) is 32.5 Å². The number of benzene rings is 1. The van der Waals surface area contributed by atoms with Crippen LogP contribution in [-0.4, -0.2) is 35.6 Å². The Labute approximate surface area is 215 Å². The number of rotatable bonds is 8. The van der Waals surface area contributed by atoms with Gasteiger partial charge in [0.2, 0.25) is 0 Å². The topological polar surface area (TPSA) is 67.1 Å². The van der Waals surface area contributed by atoms with E-state index in [0.29, 0.717) is 35.3 Å². The van der Waals surface area contributed by atoms with Gasteiger partial charge in [-0.25, -0.2) is 4.39 Å². The number of nitrogens with one attached hydrogen (secondary N) is 1. The number of fused-ring (bicyclic) bond motifs is 1. The van der Waals surface area contributed by atoms with E-state index in [-0.39, 0.29) is 17.6 Å². The molecule has 1 aromatic carbocycles. The molecule has 1 amide bonds. The van der Waals surface area contributed by atoms with Gasteiger partial charge in [0, 0.05) is 48.3 Å². The molecule has 0 bridgehead atoms. The molecule has 2 saturated carbocycles. The van der Waals surface area contributed by atoms with Crippen LogP contribution in [0.1, 0.15) is 64.3 Å². The van der Waals surface area contributed by atoms with Crippen LogP contribution in [0.3, 0.4) is 0 Å². The number of carbonyl (C=O) groups excluding carboxylic acids is 1. The Bertz CT molecular complexity index is 1540. The fourth-order valence-corrected chi connectivity index (χ4v) is 5.42. The minimum absolute atomic E-state index is 0.0673. The molecule has 7 heteroatoms. The van der Waals surface area contributed by atoms with Crippen molar-refractivity contribution in [2.24, 2.45) is 5.92 Å². The molecular weight excluding hydrogens is 467 g/mol. The van der Waals surface area contributed by atoms with Crippen molar-refractivity contribution in [1.82, 2.24) is 19.9 Å². The molecule has 2 aromatic heterocycles. The van der Waals surface area contributed by atoms with E-state index in [1.807, 2.05) is 32.9 Å². The number of nitrogens with zero attached hydrogens (tertiary/aromatic N) is 3. The highest BCUT2D eigenvalue weighted by atomic mass is 19.1. The number of aromatic nitrogens is 2. The molecule has 6 rings (SSSR count). The van der Waals surface area contributed by atoms with Gasteiger partial charge in [-0.15, -0.1) is 0 Å². The number of carbonyl (C=O) groups is 1. The lowest BCUT2D eigenvalue weighted by Crippen LogP contribution is -2.49. The number of methoxy groups -OCH3 is 1. The predicted molar refractivity (Wildman–Crippen MR) is 140 cm³/mol. The fraction of sp³-hybridized carbons (Fsp3) is 0.400. The summed E-state index contributed by atoms with van der Waals surface area (Å²) in [6.07, 6.45) is 9.63. The van der Waals surface area contributed by atoms with Crippen molar-refractivity contribution in [2.75, 3.05) is 13.7 Å². The molecule has 2 fully saturated rings. The van der Waals surface area contributed by atoms with Gasteiger partial charge in [-0.05, 0) is 74.4 Å². The summed E-state index contributed by atoms with van der Waals surface area (Å²) in [5.74, 6) is 0.779. The Morgan fingerprint density at radius 2 is 1.92 bits per heavy atom. The van der Waals surface area contributed by atoms with Gasteiger partial charge in [0.05, 0.1) is 19.0 Å². The maximum atomic E-state index is 14.8. The first kappa shape index (κ1) is 23.8. The molecule has 3 aromatic rings. The van der Waals surface area contributed by atoms with Crippen LogP contribution in [0.5, 0.6) is 5.75 Å². The molecule has 3 heterocycles. The van der Waals surface area contributed by atoms with E-state index in [1.165, 1.54) is 19.0 Å². The zero-order chi connectivity index (χ0) is 25.8. The molecule has 1 unspecified atom stereocenters. The summed E-state index contributed by atoms with van der Waals surface area (Å²) in [6.45, 7) is 6.36. The lowest BCUT2D eigenvalue weighted by Gasteiger charge is -2.20. The fourth-order valence-electron chi connectivity index (χ4n) is 5.42. The third-order valence-corrected chi connectivity index (χ3v) is 7.99. The first-order chi connectivity index (χ1) is 17.9. The standard InChI is InChI=1S/C30H31FN4O2/c1-16-9-25(34-28(18(16)3)27-17(2)12-32-14-24(27)31)23(19-5-6-19)13-33-30(36)20-10-21-15-35(22-7-8-22)29(21)26(11-20)37-4/h9-12,14-15,19,22-23H,5-8,13H2,1-4H3/p+1. The first-order valence-corrected chi connectivity index (χ1v) is 13.1. The van der Waals surface area contributed by atoms with Crippen LogP contribution in [0.4, 0.5) is 4.39 Å². The summed E-state index contributed by atoms with van der Waals surface area (Å²) in [5.41, 5.74) is 5.44. The second-order valence-corrected chi connectivity index (χ2v) is 10.7. The molecule has 1 aliphatic heterocycles. The second kappa shape index (κ2) is 9.05. The maximum absolute atomic E-state index is 14.8. The molecule has 0 spiro atoms. The van der Waals surface area contributed by atoms with Gasteiger partial charge in [0.15, 0.2) is 23.8 Å². The molecule has 6 nitrogen and oxygen atoms in total. The zero-order valence-electron chi connectivity index (χ0n) is 21.8. The number of aryl methyl sites for hydroxylation is 2. The SMILES string of the molecule is COc1cc(C(=O)NCC(c2cc(C)c(C)c(-c3c(C)cncc3F)n2)C2CC2)cc2c1=[N+](C1CC1)C=2. The summed E-state index contributed by atoms with van der Waals surface area (Å²) in [6, 6.07) is 6.45. The van der Waals surface area contributed by atoms with Crippen molar-refractivity contribution in [3.05, 3.63) is 74.9 Å². The minimum atomic E-state index is -0.366. The van der Waals surface area contributed by atoms with E-state index in [2.05, 4.69) is 27.1 Å². The van der Waals surface area contributed by atoms with E-state index >= 15 is 0 Å². The normalized spacial score (nSPS) is 16.9. The number of hydrogen-bond acceptors (Lipinski definition) is 4. The zero-order valence-corrected chi connectivity index (χ0v) is 21.8. The molecule has 3 aliphatic rings. The van der Waals surface area contributed by atoms with Crippen LogP contribution in [0.2, 0.25) is 0 Å². The number of pyridine rings is 2. The van der Waals surface area contributed by atoms with Gasteiger partial charge in [-0.3, -0.25) is 14.8 Å². The quantitative estimate of drug-likeness (QED) is 0.482. The molecule has 0 saturated heterocycles. The van der Waals surface area contributed by atoms with Crippen molar-refractivity contribution in [3.8, 4) is 17.0 Å². The van der Waals surface area contributed by atoms with Gasteiger partial charge in [0.25, 0.3) is 11.3 Å². The van der Waals surface area contributed by atoms with E-state index in [0.717, 1.165) is 51.6 Å².